The van der Waals surface area contributed by atoms with Crippen molar-refractivity contribution in [2.24, 2.45) is 0 Å². The van der Waals surface area contributed by atoms with Crippen molar-refractivity contribution < 1.29 is 4.79 Å². The number of aryl methyl sites for hydroxylation is 3. The lowest BCUT2D eigenvalue weighted by Gasteiger charge is -2.05. The lowest BCUT2D eigenvalue weighted by Crippen LogP contribution is -2.22. The van der Waals surface area contributed by atoms with E-state index in [0.717, 1.165) is 10.0 Å². The molecule has 100 valence electrons. The predicted molar refractivity (Wildman–Crippen MR) is 83.8 cm³/mol. The van der Waals surface area contributed by atoms with E-state index in [1.807, 2.05) is 25.1 Å². The molecule has 0 saturated heterocycles. The van der Waals surface area contributed by atoms with Crippen molar-refractivity contribution in [1.82, 2.24) is 5.32 Å². The minimum atomic E-state index is -0.0284. The lowest BCUT2D eigenvalue weighted by molar-refractivity contribution is 0.0951. The minimum absolute atomic E-state index is 0.0284. The maximum Gasteiger partial charge on any atom is 0.251 e. The van der Waals surface area contributed by atoms with Crippen molar-refractivity contribution in [2.75, 3.05) is 0 Å². The first-order valence-corrected chi connectivity index (χ1v) is 7.68. The van der Waals surface area contributed by atoms with Gasteiger partial charge < -0.3 is 5.32 Å². The van der Waals surface area contributed by atoms with Crippen LogP contribution in [0.4, 0.5) is 0 Å². The number of carbonyl (C=O) groups excluding carboxylic acids is 1. The van der Waals surface area contributed by atoms with Crippen molar-refractivity contribution in [1.29, 1.82) is 0 Å². The Morgan fingerprint density at radius 3 is 2.53 bits per heavy atom. The third kappa shape index (κ3) is 3.45. The van der Waals surface area contributed by atoms with Crippen LogP contribution in [0.2, 0.25) is 0 Å². The first kappa shape index (κ1) is 14.3. The largest absolute Gasteiger partial charge is 0.347 e. The molecule has 1 heterocycles. The summed E-state index contributed by atoms with van der Waals surface area (Å²) in [5.41, 5.74) is 3.05. The van der Waals surface area contributed by atoms with Crippen LogP contribution in [0.5, 0.6) is 0 Å². The molecule has 0 aliphatic rings. The molecule has 0 aliphatic carbocycles. The van der Waals surface area contributed by atoms with E-state index in [1.54, 1.807) is 11.3 Å². The molecule has 2 rings (SSSR count). The minimum Gasteiger partial charge on any atom is -0.347 e. The molecule has 0 fully saturated rings. The summed E-state index contributed by atoms with van der Waals surface area (Å²) in [4.78, 5) is 14.6. The number of thiophene rings is 1. The highest BCUT2D eigenvalue weighted by Crippen LogP contribution is 2.21. The molecule has 0 bridgehead atoms. The number of amides is 1. The summed E-state index contributed by atoms with van der Waals surface area (Å²) in [5, 5.41) is 2.96. The van der Waals surface area contributed by atoms with Crippen molar-refractivity contribution in [3.8, 4) is 0 Å². The van der Waals surface area contributed by atoms with Crippen LogP contribution in [0.25, 0.3) is 0 Å². The second kappa shape index (κ2) is 5.88. The van der Waals surface area contributed by atoms with Gasteiger partial charge in [-0.15, -0.1) is 11.3 Å². The topological polar surface area (TPSA) is 29.1 Å². The van der Waals surface area contributed by atoms with Crippen LogP contribution in [0.1, 0.15) is 31.2 Å². The molecule has 0 radical (unpaired) electrons. The third-order valence-corrected chi connectivity index (χ3v) is 5.10. The molecular weight excluding hydrogens is 322 g/mol. The van der Waals surface area contributed by atoms with Gasteiger partial charge in [0.2, 0.25) is 0 Å². The fourth-order valence-corrected chi connectivity index (χ4v) is 3.03. The SMILES string of the molecule is Cc1cc(C(=O)NCc2cc(C)c(C)s2)ccc1Br. The molecule has 19 heavy (non-hydrogen) atoms. The van der Waals surface area contributed by atoms with Gasteiger partial charge >= 0.3 is 0 Å². The smallest absolute Gasteiger partial charge is 0.251 e. The molecule has 0 aliphatic heterocycles. The Bertz CT molecular complexity index is 599. The van der Waals surface area contributed by atoms with Gasteiger partial charge in [-0.2, -0.15) is 0 Å². The van der Waals surface area contributed by atoms with E-state index in [9.17, 15) is 4.79 Å². The molecule has 1 N–H and O–H groups in total. The summed E-state index contributed by atoms with van der Waals surface area (Å²) in [5.74, 6) is -0.0284. The quantitative estimate of drug-likeness (QED) is 0.885. The predicted octanol–water partition coefficient (Wildman–Crippen LogP) is 4.37. The normalized spacial score (nSPS) is 10.5. The van der Waals surface area contributed by atoms with E-state index in [0.29, 0.717) is 12.1 Å². The van der Waals surface area contributed by atoms with Crippen LogP contribution >= 0.6 is 27.3 Å². The Labute approximate surface area is 126 Å². The summed E-state index contributed by atoms with van der Waals surface area (Å²) >= 11 is 5.17. The molecular formula is C15H16BrNOS. The Balaban J connectivity index is 2.03. The fraction of sp³-hybridized carbons (Fsp3) is 0.267. The Morgan fingerprint density at radius 2 is 1.95 bits per heavy atom. The summed E-state index contributed by atoms with van der Waals surface area (Å²) in [7, 11) is 0. The van der Waals surface area contributed by atoms with Gasteiger partial charge in [-0.1, -0.05) is 15.9 Å². The molecule has 0 unspecified atom stereocenters. The van der Waals surface area contributed by atoms with Crippen molar-refractivity contribution in [3.05, 3.63) is 55.2 Å². The zero-order valence-corrected chi connectivity index (χ0v) is 13.6. The molecule has 1 aromatic carbocycles. The number of halogens is 1. The first-order valence-electron chi connectivity index (χ1n) is 6.07. The van der Waals surface area contributed by atoms with Crippen molar-refractivity contribution in [3.63, 3.8) is 0 Å². The van der Waals surface area contributed by atoms with Gasteiger partial charge in [0, 0.05) is 19.8 Å². The van der Waals surface area contributed by atoms with Crippen LogP contribution in [-0.2, 0) is 6.54 Å². The number of hydrogen-bond acceptors (Lipinski definition) is 2. The van der Waals surface area contributed by atoms with Gasteiger partial charge in [0.1, 0.15) is 0 Å². The van der Waals surface area contributed by atoms with Crippen LogP contribution in [0, 0.1) is 20.8 Å². The molecule has 2 nitrogen and oxygen atoms in total. The number of nitrogens with one attached hydrogen (secondary N) is 1. The maximum absolute atomic E-state index is 12.1. The number of carbonyl (C=O) groups is 1. The van der Waals surface area contributed by atoms with Crippen LogP contribution in [-0.4, -0.2) is 5.91 Å². The van der Waals surface area contributed by atoms with E-state index < -0.39 is 0 Å². The number of rotatable bonds is 3. The molecule has 2 aromatic rings. The van der Waals surface area contributed by atoms with Gasteiger partial charge in [-0.25, -0.2) is 0 Å². The van der Waals surface area contributed by atoms with Gasteiger partial charge in [0.25, 0.3) is 5.91 Å². The van der Waals surface area contributed by atoms with Gasteiger partial charge in [0.15, 0.2) is 0 Å². The van der Waals surface area contributed by atoms with Crippen LogP contribution in [0.15, 0.2) is 28.7 Å². The fourth-order valence-electron chi connectivity index (χ4n) is 1.79. The summed E-state index contributed by atoms with van der Waals surface area (Å²) in [6, 6.07) is 7.76. The highest BCUT2D eigenvalue weighted by atomic mass is 79.9. The van der Waals surface area contributed by atoms with Crippen molar-refractivity contribution >= 4 is 33.2 Å². The number of benzene rings is 1. The monoisotopic (exact) mass is 337 g/mol. The highest BCUT2D eigenvalue weighted by molar-refractivity contribution is 9.10. The average Bonchev–Trinajstić information content (AvgIpc) is 2.69. The summed E-state index contributed by atoms with van der Waals surface area (Å²) in [6.07, 6.45) is 0. The third-order valence-electron chi connectivity index (χ3n) is 3.06. The second-order valence-electron chi connectivity index (χ2n) is 4.60. The van der Waals surface area contributed by atoms with E-state index in [2.05, 4.69) is 41.2 Å². The lowest BCUT2D eigenvalue weighted by atomic mass is 10.1. The highest BCUT2D eigenvalue weighted by Gasteiger charge is 2.08. The molecule has 0 atom stereocenters. The van der Waals surface area contributed by atoms with E-state index in [-0.39, 0.29) is 5.91 Å². The van der Waals surface area contributed by atoms with E-state index >= 15 is 0 Å². The van der Waals surface area contributed by atoms with Crippen molar-refractivity contribution in [2.45, 2.75) is 27.3 Å². The van der Waals surface area contributed by atoms with Gasteiger partial charge in [-0.3, -0.25) is 4.79 Å². The van der Waals surface area contributed by atoms with Gasteiger partial charge in [0.05, 0.1) is 6.54 Å². The standard InChI is InChI=1S/C15H16BrNOS/c1-9-7-13(19-11(9)3)8-17-15(18)12-4-5-14(16)10(2)6-12/h4-7H,8H2,1-3H3,(H,17,18). The summed E-state index contributed by atoms with van der Waals surface area (Å²) < 4.78 is 1.02. The van der Waals surface area contributed by atoms with Crippen LogP contribution < -0.4 is 5.32 Å². The first-order chi connectivity index (χ1) is 8.97. The molecule has 1 amide bonds. The molecule has 4 heteroatoms. The molecule has 0 spiro atoms. The van der Waals surface area contributed by atoms with Gasteiger partial charge in [-0.05, 0) is 56.2 Å². The zero-order valence-electron chi connectivity index (χ0n) is 11.2. The Hall–Kier alpha value is -1.13. The second-order valence-corrected chi connectivity index (χ2v) is 6.79. The maximum atomic E-state index is 12.1. The summed E-state index contributed by atoms with van der Waals surface area (Å²) in [6.45, 7) is 6.76. The molecule has 1 aromatic heterocycles. The number of hydrogen-bond donors (Lipinski definition) is 1. The average molecular weight is 338 g/mol. The van der Waals surface area contributed by atoms with E-state index in [1.165, 1.54) is 15.3 Å². The van der Waals surface area contributed by atoms with Crippen LogP contribution in [0.3, 0.4) is 0 Å². The Morgan fingerprint density at radius 1 is 1.21 bits per heavy atom. The van der Waals surface area contributed by atoms with E-state index in [4.69, 9.17) is 0 Å². The zero-order chi connectivity index (χ0) is 14.0. The Kier molecular flexibility index (Phi) is 4.42. The molecule has 0 saturated carbocycles.